The van der Waals surface area contributed by atoms with Gasteiger partial charge in [-0.15, -0.1) is 0 Å². The quantitative estimate of drug-likeness (QED) is 0.200. The summed E-state index contributed by atoms with van der Waals surface area (Å²) < 4.78 is 17.3. The van der Waals surface area contributed by atoms with Crippen molar-refractivity contribution in [2.45, 2.75) is 54.9 Å². The summed E-state index contributed by atoms with van der Waals surface area (Å²) in [5, 5.41) is 81.3. The van der Waals surface area contributed by atoms with E-state index in [9.17, 15) is 45.6 Å². The summed E-state index contributed by atoms with van der Waals surface area (Å²) in [6.45, 7) is -0.998. The highest BCUT2D eigenvalue weighted by molar-refractivity contribution is 5.83. The van der Waals surface area contributed by atoms with E-state index in [2.05, 4.69) is 0 Å². The van der Waals surface area contributed by atoms with Crippen LogP contribution in [0.15, 0.2) is 51.7 Å². The zero-order valence-corrected chi connectivity index (χ0v) is 19.9. The van der Waals surface area contributed by atoms with Gasteiger partial charge in [-0.3, -0.25) is 4.79 Å². The first-order valence-corrected chi connectivity index (χ1v) is 12.0. The van der Waals surface area contributed by atoms with E-state index in [0.717, 1.165) is 0 Å². The number of aliphatic hydroxyl groups is 7. The third-order valence-electron chi connectivity index (χ3n) is 7.06. The van der Waals surface area contributed by atoms with Gasteiger partial charge in [-0.2, -0.15) is 0 Å². The van der Waals surface area contributed by atoms with E-state index in [1.807, 2.05) is 0 Å². The van der Waals surface area contributed by atoms with Crippen LogP contribution in [0.5, 0.6) is 5.75 Å². The molecule has 0 bridgehead atoms. The number of aromatic hydroxyl groups is 1. The Bertz CT molecular complexity index is 1350. The van der Waals surface area contributed by atoms with Crippen LogP contribution in [0.25, 0.3) is 22.3 Å². The molecule has 12 nitrogen and oxygen atoms in total. The van der Waals surface area contributed by atoms with Crippen molar-refractivity contribution in [2.75, 3.05) is 13.2 Å². The maximum Gasteiger partial charge on any atom is 0.193 e. The average Bonchev–Trinajstić information content (AvgIpc) is 2.90. The molecule has 0 amide bonds. The summed E-state index contributed by atoms with van der Waals surface area (Å²) in [4.78, 5) is 13.4. The van der Waals surface area contributed by atoms with Crippen molar-refractivity contribution in [2.24, 2.45) is 0 Å². The van der Waals surface area contributed by atoms with Crippen LogP contribution in [-0.2, 0) is 9.47 Å². The molecule has 5 rings (SSSR count). The second-order valence-corrected chi connectivity index (χ2v) is 9.56. The molecule has 0 spiro atoms. The fraction of sp³-hybridized carbons (Fsp3) is 0.423. The Morgan fingerprint density at radius 1 is 0.816 bits per heavy atom. The lowest BCUT2D eigenvalue weighted by Crippen LogP contribution is -2.55. The molecule has 204 valence electrons. The topological polar surface area (TPSA) is 211 Å². The van der Waals surface area contributed by atoms with Crippen molar-refractivity contribution in [3.63, 3.8) is 0 Å². The van der Waals surface area contributed by atoms with Gasteiger partial charge in [0.2, 0.25) is 0 Å². The van der Waals surface area contributed by atoms with Crippen LogP contribution in [-0.4, -0.2) is 96.8 Å². The van der Waals surface area contributed by atoms with Gasteiger partial charge in [0.15, 0.2) is 5.43 Å². The van der Waals surface area contributed by atoms with Gasteiger partial charge in [-0.1, -0.05) is 0 Å². The van der Waals surface area contributed by atoms with Gasteiger partial charge in [-0.25, -0.2) is 0 Å². The Kier molecular flexibility index (Phi) is 7.26. The number of aliphatic hydroxyl groups excluding tert-OH is 7. The predicted octanol–water partition coefficient (Wildman–Crippen LogP) is -1.17. The largest absolute Gasteiger partial charge is 0.508 e. The number of hydrogen-bond acceptors (Lipinski definition) is 12. The molecule has 8 N–H and O–H groups in total. The number of fused-ring (bicyclic) bond motifs is 1. The van der Waals surface area contributed by atoms with E-state index in [4.69, 9.17) is 13.9 Å². The highest BCUT2D eigenvalue weighted by Crippen LogP contribution is 2.39. The number of phenolic OH excluding ortho intramolecular Hbond substituents is 1. The monoisotopic (exact) mass is 532 g/mol. The molecule has 0 saturated carbocycles. The summed E-state index contributed by atoms with van der Waals surface area (Å²) in [7, 11) is 0. The van der Waals surface area contributed by atoms with E-state index in [0.29, 0.717) is 5.56 Å². The molecule has 3 aromatic rings. The molecular weight excluding hydrogens is 504 g/mol. The lowest BCUT2D eigenvalue weighted by Gasteiger charge is -2.40. The van der Waals surface area contributed by atoms with E-state index >= 15 is 0 Å². The number of rotatable bonds is 4. The van der Waals surface area contributed by atoms with Crippen LogP contribution in [0.2, 0.25) is 0 Å². The molecule has 0 aliphatic carbocycles. The number of phenols is 1. The summed E-state index contributed by atoms with van der Waals surface area (Å²) in [5.74, 6) is 0.147. The van der Waals surface area contributed by atoms with Crippen molar-refractivity contribution < 1.29 is 54.7 Å². The second-order valence-electron chi connectivity index (χ2n) is 9.56. The van der Waals surface area contributed by atoms with Crippen molar-refractivity contribution in [3.8, 4) is 17.1 Å². The predicted molar refractivity (Wildman–Crippen MR) is 129 cm³/mol. The van der Waals surface area contributed by atoms with Gasteiger partial charge >= 0.3 is 0 Å². The molecule has 2 aliphatic heterocycles. The van der Waals surface area contributed by atoms with Gasteiger partial charge in [0.05, 0.1) is 18.6 Å². The fourth-order valence-corrected chi connectivity index (χ4v) is 4.96. The maximum absolute atomic E-state index is 13.4. The molecule has 9 atom stereocenters. The summed E-state index contributed by atoms with van der Waals surface area (Å²) in [5.41, 5.74) is 0.155. The summed E-state index contributed by atoms with van der Waals surface area (Å²) >= 11 is 0. The van der Waals surface area contributed by atoms with Crippen LogP contribution in [0.1, 0.15) is 23.3 Å². The van der Waals surface area contributed by atoms with Crippen LogP contribution in [0, 0.1) is 0 Å². The van der Waals surface area contributed by atoms with E-state index in [1.54, 1.807) is 0 Å². The van der Waals surface area contributed by atoms with Crippen LogP contribution < -0.4 is 5.43 Å². The Morgan fingerprint density at radius 3 is 2.18 bits per heavy atom. The summed E-state index contributed by atoms with van der Waals surface area (Å²) in [6.07, 6.45) is -13.3. The Morgan fingerprint density at radius 2 is 1.50 bits per heavy atom. The average molecular weight is 532 g/mol. The van der Waals surface area contributed by atoms with E-state index in [1.165, 1.54) is 42.5 Å². The van der Waals surface area contributed by atoms with Crippen molar-refractivity contribution in [3.05, 3.63) is 63.8 Å². The molecular formula is C26H28O12. The number of benzene rings is 2. The highest BCUT2D eigenvalue weighted by atomic mass is 16.5. The Balaban J connectivity index is 1.70. The van der Waals surface area contributed by atoms with Crippen LogP contribution >= 0.6 is 0 Å². The molecule has 38 heavy (non-hydrogen) atoms. The van der Waals surface area contributed by atoms with Crippen molar-refractivity contribution >= 4 is 11.0 Å². The SMILES string of the molecule is O=c1cc(-c2ccc(O)cc2)oc2cc([C@@H]3O[C@H](CO)[C@@H](O)[C@H](O)[C@H]3O)cc([C@@H]3OC[C@H](O)[C@H](O)[C@H]3O)c12. The lowest BCUT2D eigenvalue weighted by molar-refractivity contribution is -0.231. The van der Waals surface area contributed by atoms with Crippen molar-refractivity contribution in [1.29, 1.82) is 0 Å². The Hall–Kier alpha value is -2.91. The maximum atomic E-state index is 13.4. The molecule has 2 aliphatic rings. The standard InChI is InChI=1S/C26H28O12/c27-8-18-21(32)22(33)24(35)25(38-18)11-5-13(26-23(34)20(31)15(30)9-36-26)19-14(29)7-16(37-17(19)6-11)10-1-3-12(28)4-2-10/h1-7,15,18,20-28,30-35H,8-9H2/t15-,18+,20-,21+,22-,23+,24+,25-,26-/m0/s1. The molecule has 0 unspecified atom stereocenters. The molecule has 0 radical (unpaired) electrons. The van der Waals surface area contributed by atoms with Gasteiger partial charge < -0.3 is 54.7 Å². The fourth-order valence-electron chi connectivity index (χ4n) is 4.96. The molecule has 1 aromatic heterocycles. The van der Waals surface area contributed by atoms with E-state index in [-0.39, 0.29) is 40.2 Å². The molecule has 3 heterocycles. The number of ether oxygens (including phenoxy) is 2. The summed E-state index contributed by atoms with van der Waals surface area (Å²) in [6, 6.07) is 9.87. The Labute approximate surface area is 215 Å². The molecule has 2 fully saturated rings. The molecule has 12 heteroatoms. The second kappa shape index (κ2) is 10.3. The highest BCUT2D eigenvalue weighted by Gasteiger charge is 2.45. The van der Waals surface area contributed by atoms with Gasteiger partial charge in [-0.05, 0) is 47.5 Å². The lowest BCUT2D eigenvalue weighted by atomic mass is 9.87. The van der Waals surface area contributed by atoms with Crippen molar-refractivity contribution in [1.82, 2.24) is 0 Å². The first-order valence-electron chi connectivity index (χ1n) is 12.0. The first kappa shape index (κ1) is 26.7. The van der Waals surface area contributed by atoms with Crippen LogP contribution in [0.3, 0.4) is 0 Å². The van der Waals surface area contributed by atoms with Crippen LogP contribution in [0.4, 0.5) is 0 Å². The molecule has 2 saturated heterocycles. The van der Waals surface area contributed by atoms with E-state index < -0.39 is 67.0 Å². The smallest absolute Gasteiger partial charge is 0.193 e. The van der Waals surface area contributed by atoms with Gasteiger partial charge in [0.25, 0.3) is 0 Å². The molecule has 2 aromatic carbocycles. The zero-order chi connectivity index (χ0) is 27.3. The number of hydrogen-bond donors (Lipinski definition) is 8. The minimum atomic E-state index is -1.67. The van der Waals surface area contributed by atoms with Gasteiger partial charge in [0, 0.05) is 11.6 Å². The normalized spacial score (nSPS) is 33.9. The minimum Gasteiger partial charge on any atom is -0.508 e. The third kappa shape index (κ3) is 4.60. The first-order chi connectivity index (χ1) is 18.1. The third-order valence-corrected chi connectivity index (χ3v) is 7.06. The minimum absolute atomic E-state index is 0.00601. The van der Waals surface area contributed by atoms with Gasteiger partial charge in [0.1, 0.15) is 72.0 Å². The zero-order valence-electron chi connectivity index (χ0n) is 19.9.